The molecule has 0 saturated carbocycles. The van der Waals surface area contributed by atoms with Crippen LogP contribution in [0.4, 0.5) is 11.4 Å². The molecule has 23 heavy (non-hydrogen) atoms. The molecule has 120 valence electrons. The lowest BCUT2D eigenvalue weighted by Gasteiger charge is -2.12. The Morgan fingerprint density at radius 2 is 1.57 bits per heavy atom. The van der Waals surface area contributed by atoms with Crippen LogP contribution in [0.5, 0.6) is 5.75 Å². The van der Waals surface area contributed by atoms with Crippen LogP contribution in [-0.4, -0.2) is 18.9 Å². The molecule has 2 N–H and O–H groups in total. The maximum atomic E-state index is 12.1. The minimum atomic E-state index is -0.784. The van der Waals surface area contributed by atoms with E-state index in [0.29, 0.717) is 22.1 Å². The third kappa shape index (κ3) is 4.02. The zero-order valence-electron chi connectivity index (χ0n) is 13.1. The molecule has 0 atom stereocenters. The van der Waals surface area contributed by atoms with Crippen LogP contribution >= 0.6 is 11.6 Å². The van der Waals surface area contributed by atoms with Gasteiger partial charge < -0.3 is 15.4 Å². The first kappa shape index (κ1) is 16.8. The fourth-order valence-electron chi connectivity index (χ4n) is 2.00. The summed E-state index contributed by atoms with van der Waals surface area (Å²) in [4.78, 5) is 24.1. The van der Waals surface area contributed by atoms with Crippen molar-refractivity contribution in [3.63, 3.8) is 0 Å². The summed E-state index contributed by atoms with van der Waals surface area (Å²) in [5.74, 6) is -1.15. The van der Waals surface area contributed by atoms with Crippen molar-refractivity contribution < 1.29 is 14.3 Å². The zero-order chi connectivity index (χ0) is 17.0. The van der Waals surface area contributed by atoms with Crippen LogP contribution in [0, 0.1) is 13.8 Å². The van der Waals surface area contributed by atoms with Gasteiger partial charge in [0.15, 0.2) is 0 Å². The second-order valence-corrected chi connectivity index (χ2v) is 5.43. The lowest BCUT2D eigenvalue weighted by Crippen LogP contribution is -2.29. The van der Waals surface area contributed by atoms with Gasteiger partial charge >= 0.3 is 11.8 Å². The molecule has 0 aromatic heterocycles. The number of rotatable bonds is 3. The van der Waals surface area contributed by atoms with Gasteiger partial charge in [-0.1, -0.05) is 29.8 Å². The van der Waals surface area contributed by atoms with Gasteiger partial charge in [0.25, 0.3) is 0 Å². The molecule has 0 saturated heterocycles. The summed E-state index contributed by atoms with van der Waals surface area (Å²) >= 11 is 6.02. The third-order valence-corrected chi connectivity index (χ3v) is 3.74. The number of amides is 2. The van der Waals surface area contributed by atoms with E-state index in [4.69, 9.17) is 16.3 Å². The van der Waals surface area contributed by atoms with Gasteiger partial charge in [-0.05, 0) is 37.1 Å². The van der Waals surface area contributed by atoms with Crippen LogP contribution in [0.15, 0.2) is 36.4 Å². The topological polar surface area (TPSA) is 67.4 Å². The Balaban J connectivity index is 2.14. The lowest BCUT2D eigenvalue weighted by molar-refractivity contribution is -0.133. The SMILES string of the molecule is COc1cc(Cl)c(C)cc1NC(=O)C(=O)Nc1ccccc1C. The Labute approximate surface area is 139 Å². The van der Waals surface area contributed by atoms with E-state index >= 15 is 0 Å². The van der Waals surface area contributed by atoms with E-state index in [0.717, 1.165) is 11.1 Å². The van der Waals surface area contributed by atoms with E-state index in [1.807, 2.05) is 19.1 Å². The first-order valence-electron chi connectivity index (χ1n) is 6.94. The van der Waals surface area contributed by atoms with Crippen molar-refractivity contribution in [1.29, 1.82) is 0 Å². The summed E-state index contributed by atoms with van der Waals surface area (Å²) in [5, 5.41) is 5.63. The maximum absolute atomic E-state index is 12.1. The van der Waals surface area contributed by atoms with Crippen LogP contribution in [0.3, 0.4) is 0 Å². The molecular weight excluding hydrogens is 316 g/mol. The van der Waals surface area contributed by atoms with Crippen LogP contribution in [-0.2, 0) is 9.59 Å². The average molecular weight is 333 g/mol. The Hall–Kier alpha value is -2.53. The van der Waals surface area contributed by atoms with Crippen LogP contribution in [0.25, 0.3) is 0 Å². The highest BCUT2D eigenvalue weighted by molar-refractivity contribution is 6.44. The maximum Gasteiger partial charge on any atom is 0.314 e. The number of halogens is 1. The molecule has 2 aromatic rings. The van der Waals surface area contributed by atoms with Gasteiger partial charge in [0.05, 0.1) is 12.8 Å². The Bertz CT molecular complexity index is 759. The number of carbonyl (C=O) groups excluding carboxylic acids is 2. The summed E-state index contributed by atoms with van der Waals surface area (Å²) in [7, 11) is 1.46. The minimum absolute atomic E-state index is 0.387. The first-order chi connectivity index (χ1) is 10.9. The number of carbonyl (C=O) groups is 2. The highest BCUT2D eigenvalue weighted by Gasteiger charge is 2.17. The van der Waals surface area contributed by atoms with Gasteiger partial charge in [-0.3, -0.25) is 9.59 Å². The van der Waals surface area contributed by atoms with Gasteiger partial charge in [-0.2, -0.15) is 0 Å². The number of methoxy groups -OCH3 is 1. The van der Waals surface area contributed by atoms with E-state index < -0.39 is 11.8 Å². The van der Waals surface area contributed by atoms with Crippen molar-refractivity contribution in [1.82, 2.24) is 0 Å². The highest BCUT2D eigenvalue weighted by Crippen LogP contribution is 2.30. The summed E-state index contributed by atoms with van der Waals surface area (Å²) < 4.78 is 5.17. The number of hydrogen-bond acceptors (Lipinski definition) is 3. The summed E-state index contributed by atoms with van der Waals surface area (Å²) in [5.41, 5.74) is 2.61. The van der Waals surface area contributed by atoms with Crippen molar-refractivity contribution >= 4 is 34.8 Å². The fourth-order valence-corrected chi connectivity index (χ4v) is 2.15. The number of para-hydroxylation sites is 1. The number of aryl methyl sites for hydroxylation is 2. The molecule has 6 heteroatoms. The second-order valence-electron chi connectivity index (χ2n) is 5.02. The molecule has 2 amide bonds. The number of hydrogen-bond donors (Lipinski definition) is 2. The third-order valence-electron chi connectivity index (χ3n) is 3.33. The highest BCUT2D eigenvalue weighted by atomic mass is 35.5. The number of benzene rings is 2. The summed E-state index contributed by atoms with van der Waals surface area (Å²) in [6.07, 6.45) is 0. The van der Waals surface area contributed by atoms with Crippen molar-refractivity contribution in [3.05, 3.63) is 52.5 Å². The van der Waals surface area contributed by atoms with E-state index in [9.17, 15) is 9.59 Å². The van der Waals surface area contributed by atoms with Gasteiger partial charge in [-0.15, -0.1) is 0 Å². The molecule has 0 aliphatic heterocycles. The molecule has 0 aliphatic carbocycles. The average Bonchev–Trinajstić information content (AvgIpc) is 2.52. The molecule has 0 unspecified atom stereocenters. The van der Waals surface area contributed by atoms with Crippen molar-refractivity contribution in [2.45, 2.75) is 13.8 Å². The standard InChI is InChI=1S/C17H17ClN2O3/c1-10-6-4-5-7-13(10)19-16(21)17(22)20-14-8-11(2)12(18)9-15(14)23-3/h4-9H,1-3H3,(H,19,21)(H,20,22). The van der Waals surface area contributed by atoms with E-state index in [2.05, 4.69) is 10.6 Å². The molecule has 0 bridgehead atoms. The number of anilines is 2. The molecule has 5 nitrogen and oxygen atoms in total. The molecule has 2 aromatic carbocycles. The fraction of sp³-hybridized carbons (Fsp3) is 0.176. The van der Waals surface area contributed by atoms with Gasteiger partial charge in [0.2, 0.25) is 0 Å². The van der Waals surface area contributed by atoms with Crippen LogP contribution in [0.1, 0.15) is 11.1 Å². The minimum Gasteiger partial charge on any atom is -0.495 e. The van der Waals surface area contributed by atoms with E-state index in [1.165, 1.54) is 7.11 Å². The Morgan fingerprint density at radius 3 is 2.17 bits per heavy atom. The summed E-state index contributed by atoms with van der Waals surface area (Å²) in [6.45, 7) is 3.64. The number of nitrogens with one attached hydrogen (secondary N) is 2. The zero-order valence-corrected chi connectivity index (χ0v) is 13.8. The molecule has 0 aliphatic rings. The van der Waals surface area contributed by atoms with Crippen molar-refractivity contribution in [2.75, 3.05) is 17.7 Å². The normalized spacial score (nSPS) is 10.1. The predicted molar refractivity (Wildman–Crippen MR) is 91.2 cm³/mol. The molecular formula is C17H17ClN2O3. The monoisotopic (exact) mass is 332 g/mol. The van der Waals surface area contributed by atoms with E-state index in [-0.39, 0.29) is 0 Å². The predicted octanol–water partition coefficient (Wildman–Crippen LogP) is 3.54. The quantitative estimate of drug-likeness (QED) is 0.845. The summed E-state index contributed by atoms with van der Waals surface area (Å²) in [6, 6.07) is 10.5. The largest absolute Gasteiger partial charge is 0.495 e. The molecule has 0 spiro atoms. The second kappa shape index (κ2) is 7.15. The number of ether oxygens (including phenoxy) is 1. The van der Waals surface area contributed by atoms with Crippen LogP contribution in [0.2, 0.25) is 5.02 Å². The van der Waals surface area contributed by atoms with Crippen molar-refractivity contribution in [3.8, 4) is 5.75 Å². The van der Waals surface area contributed by atoms with Gasteiger partial charge in [-0.25, -0.2) is 0 Å². The van der Waals surface area contributed by atoms with Gasteiger partial charge in [0.1, 0.15) is 5.75 Å². The van der Waals surface area contributed by atoms with Crippen molar-refractivity contribution in [2.24, 2.45) is 0 Å². The van der Waals surface area contributed by atoms with Gasteiger partial charge in [0, 0.05) is 16.8 Å². The molecule has 0 heterocycles. The molecule has 2 rings (SSSR count). The Morgan fingerprint density at radius 1 is 0.957 bits per heavy atom. The lowest BCUT2D eigenvalue weighted by atomic mass is 10.2. The smallest absolute Gasteiger partial charge is 0.314 e. The molecule has 0 fully saturated rings. The van der Waals surface area contributed by atoms with Crippen LogP contribution < -0.4 is 15.4 Å². The Kier molecular flexibility index (Phi) is 5.24. The van der Waals surface area contributed by atoms with E-state index in [1.54, 1.807) is 31.2 Å². The first-order valence-corrected chi connectivity index (χ1v) is 7.32. The molecule has 0 radical (unpaired) electrons.